The number of aromatic nitrogens is 8. The quantitative estimate of drug-likeness (QED) is 0.0974. The number of aryl methyl sites for hydroxylation is 6. The first kappa shape index (κ1) is 45.3. The molecule has 340 valence electrons. The summed E-state index contributed by atoms with van der Waals surface area (Å²) in [5, 5.41) is 27.9. The molecule has 5 N–H and O–H groups in total. The van der Waals surface area contributed by atoms with Gasteiger partial charge in [0.2, 0.25) is 11.9 Å². The molecule has 1 amide bonds. The first-order valence-electron chi connectivity index (χ1n) is 21.7. The summed E-state index contributed by atoms with van der Waals surface area (Å²) in [4.78, 5) is 32.6. The normalized spacial score (nSPS) is 12.8. The zero-order valence-electron chi connectivity index (χ0n) is 38.7. The number of carbonyl (C=O) groups excluding carboxylic acids is 1. The smallest absolute Gasteiger partial charge is 0.410 e. The van der Waals surface area contributed by atoms with E-state index in [9.17, 15) is 4.79 Å². The van der Waals surface area contributed by atoms with E-state index in [1.165, 1.54) is 22.3 Å². The number of benzene rings is 4. The van der Waals surface area contributed by atoms with Crippen molar-refractivity contribution in [2.24, 2.45) is 14.1 Å². The SMILES string of the molecule is Cc1cccc(C)c1Nc1nn(C)c2nc(Nc3ccc4c(c3)CN(C(=O)OC(C)(C)C)C4)ncc12.Cc1cccc(C)c1Nc1nn(C)c2nc(Nc3ccc4c(c3)CNC4)ncc12.Cl. The van der Waals surface area contributed by atoms with E-state index in [0.29, 0.717) is 25.0 Å². The highest BCUT2D eigenvalue weighted by Gasteiger charge is 2.28. The van der Waals surface area contributed by atoms with Gasteiger partial charge in [-0.05, 0) is 117 Å². The minimum absolute atomic E-state index is 0. The van der Waals surface area contributed by atoms with Crippen LogP contribution in [0.2, 0.25) is 0 Å². The maximum atomic E-state index is 12.5. The van der Waals surface area contributed by atoms with Crippen molar-refractivity contribution < 1.29 is 9.53 Å². The number of para-hydroxylation sites is 2. The minimum Gasteiger partial charge on any atom is -0.444 e. The van der Waals surface area contributed by atoms with Crippen LogP contribution in [0.25, 0.3) is 22.1 Å². The van der Waals surface area contributed by atoms with Gasteiger partial charge in [0.1, 0.15) is 5.60 Å². The highest BCUT2D eigenvalue weighted by molar-refractivity contribution is 5.91. The molecule has 4 aromatic heterocycles. The molecule has 10 rings (SSSR count). The minimum atomic E-state index is -0.519. The lowest BCUT2D eigenvalue weighted by Crippen LogP contribution is -2.33. The Morgan fingerprint density at radius 2 is 1.08 bits per heavy atom. The van der Waals surface area contributed by atoms with E-state index >= 15 is 0 Å². The van der Waals surface area contributed by atoms with Gasteiger partial charge in [0, 0.05) is 75.4 Å². The lowest BCUT2D eigenvalue weighted by Gasteiger charge is -2.24. The highest BCUT2D eigenvalue weighted by Crippen LogP contribution is 2.32. The van der Waals surface area contributed by atoms with Crippen LogP contribution in [0.5, 0.6) is 0 Å². The van der Waals surface area contributed by atoms with Gasteiger partial charge >= 0.3 is 6.09 Å². The molecule has 4 aromatic carbocycles. The van der Waals surface area contributed by atoms with Crippen molar-refractivity contribution in [2.75, 3.05) is 21.3 Å². The third-order valence-electron chi connectivity index (χ3n) is 11.5. The summed E-state index contributed by atoms with van der Waals surface area (Å²) < 4.78 is 9.05. The van der Waals surface area contributed by atoms with Gasteiger partial charge in [-0.25, -0.2) is 24.1 Å². The monoisotopic (exact) mass is 906 g/mol. The largest absolute Gasteiger partial charge is 0.444 e. The number of rotatable bonds is 8. The van der Waals surface area contributed by atoms with Crippen LogP contribution in [0.3, 0.4) is 0 Å². The number of hydrogen-bond donors (Lipinski definition) is 5. The van der Waals surface area contributed by atoms with E-state index in [2.05, 4.69) is 123 Å². The summed E-state index contributed by atoms with van der Waals surface area (Å²) in [6, 6.07) is 24.8. The Labute approximate surface area is 390 Å². The molecule has 2 aliphatic rings. The van der Waals surface area contributed by atoms with Crippen LogP contribution >= 0.6 is 12.4 Å². The maximum absolute atomic E-state index is 12.5. The molecule has 0 saturated carbocycles. The van der Waals surface area contributed by atoms with Gasteiger partial charge in [0.25, 0.3) is 0 Å². The van der Waals surface area contributed by atoms with Crippen molar-refractivity contribution in [3.05, 3.63) is 130 Å². The fraction of sp³-hybridized carbons (Fsp3) is 0.286. The van der Waals surface area contributed by atoms with Crippen LogP contribution in [0.15, 0.2) is 85.2 Å². The topological polar surface area (TPSA) is 177 Å². The molecular formula is C49H55ClN14O2. The van der Waals surface area contributed by atoms with E-state index in [1.54, 1.807) is 20.5 Å². The Hall–Kier alpha value is -7.30. The molecule has 0 fully saturated rings. The molecule has 0 bridgehead atoms. The second-order valence-corrected chi connectivity index (χ2v) is 17.7. The van der Waals surface area contributed by atoms with Gasteiger partial charge in [0.15, 0.2) is 22.9 Å². The maximum Gasteiger partial charge on any atom is 0.410 e. The van der Waals surface area contributed by atoms with Crippen LogP contribution in [-0.2, 0) is 45.0 Å². The lowest BCUT2D eigenvalue weighted by atomic mass is 10.1. The Bertz CT molecular complexity index is 3080. The van der Waals surface area contributed by atoms with E-state index in [1.807, 2.05) is 65.3 Å². The van der Waals surface area contributed by atoms with E-state index in [0.717, 1.165) is 91.8 Å². The summed E-state index contributed by atoms with van der Waals surface area (Å²) >= 11 is 0. The number of anilines is 8. The second kappa shape index (κ2) is 18.3. The van der Waals surface area contributed by atoms with Gasteiger partial charge in [-0.15, -0.1) is 12.4 Å². The zero-order valence-corrected chi connectivity index (χ0v) is 39.5. The summed E-state index contributed by atoms with van der Waals surface area (Å²) in [5.74, 6) is 2.52. The molecule has 0 unspecified atom stereocenters. The predicted molar refractivity (Wildman–Crippen MR) is 264 cm³/mol. The number of amides is 1. The molecule has 16 nitrogen and oxygen atoms in total. The van der Waals surface area contributed by atoms with Gasteiger partial charge in [-0.1, -0.05) is 48.5 Å². The molecule has 8 aromatic rings. The molecular weight excluding hydrogens is 852 g/mol. The number of nitrogens with zero attached hydrogens (tertiary/aromatic N) is 9. The molecule has 17 heteroatoms. The summed E-state index contributed by atoms with van der Waals surface area (Å²) in [7, 11) is 3.77. The third kappa shape index (κ3) is 9.55. The van der Waals surface area contributed by atoms with Crippen LogP contribution < -0.4 is 26.6 Å². The number of nitrogens with one attached hydrogen (secondary N) is 5. The molecule has 0 atom stereocenters. The number of hydrogen-bond acceptors (Lipinski definition) is 13. The number of fused-ring (bicyclic) bond motifs is 4. The standard InChI is InChI=1S/C27H31N7O2.C22H23N7.ClH/c1-16-8-7-9-17(2)22(16)30-23-21-13-28-25(31-24(21)33(6)32-23)29-20-11-10-18-14-34(15-19(18)12-20)26(35)36-27(3,4)5;1-13-5-4-6-14(2)19(13)26-20-18-12-24-22(27-21(18)29(3)28-20)25-17-8-7-15-10-23-11-16(15)9-17;/h7-13H,14-15H2,1-6H3,(H,30,32)(H,28,29,31);4-9,12,23H,10-11H2,1-3H3,(H,26,28)(H,24,25,27);1H. The van der Waals surface area contributed by atoms with Gasteiger partial charge in [-0.2, -0.15) is 20.2 Å². The Morgan fingerprint density at radius 1 is 0.621 bits per heavy atom. The van der Waals surface area contributed by atoms with Crippen molar-refractivity contribution >= 4 is 86.8 Å². The van der Waals surface area contributed by atoms with Crippen LogP contribution in [0.1, 0.15) is 65.3 Å². The van der Waals surface area contributed by atoms with Crippen molar-refractivity contribution in [2.45, 2.75) is 80.2 Å². The van der Waals surface area contributed by atoms with Gasteiger partial charge in [0.05, 0.1) is 10.8 Å². The molecule has 0 saturated heterocycles. The molecule has 0 spiro atoms. The summed E-state index contributed by atoms with van der Waals surface area (Å²) in [6.45, 7) is 16.8. The third-order valence-corrected chi connectivity index (χ3v) is 11.5. The van der Waals surface area contributed by atoms with Crippen molar-refractivity contribution in [3.8, 4) is 0 Å². The second-order valence-electron chi connectivity index (χ2n) is 17.7. The summed E-state index contributed by atoms with van der Waals surface area (Å²) in [5.41, 5.74) is 14.4. The van der Waals surface area contributed by atoms with Gasteiger partial charge < -0.3 is 31.3 Å². The average Bonchev–Trinajstić information content (AvgIpc) is 4.05. The van der Waals surface area contributed by atoms with Crippen LogP contribution in [0, 0.1) is 27.7 Å². The molecule has 0 radical (unpaired) electrons. The van der Waals surface area contributed by atoms with Crippen molar-refractivity contribution in [1.29, 1.82) is 0 Å². The highest BCUT2D eigenvalue weighted by atomic mass is 35.5. The Kier molecular flexibility index (Phi) is 12.5. The van der Waals surface area contributed by atoms with Gasteiger partial charge in [-0.3, -0.25) is 4.90 Å². The van der Waals surface area contributed by atoms with Crippen LogP contribution in [0.4, 0.5) is 51.1 Å². The average molecular weight is 908 g/mol. The van der Waals surface area contributed by atoms with E-state index < -0.39 is 5.60 Å². The van der Waals surface area contributed by atoms with Crippen LogP contribution in [-0.4, -0.2) is 56.1 Å². The predicted octanol–water partition coefficient (Wildman–Crippen LogP) is 10.2. The Morgan fingerprint density at radius 3 is 1.58 bits per heavy atom. The first-order valence-corrected chi connectivity index (χ1v) is 21.7. The summed E-state index contributed by atoms with van der Waals surface area (Å²) in [6.07, 6.45) is 3.30. The first-order chi connectivity index (χ1) is 31.2. The lowest BCUT2D eigenvalue weighted by molar-refractivity contribution is 0.0241. The fourth-order valence-corrected chi connectivity index (χ4v) is 8.20. The van der Waals surface area contributed by atoms with E-state index in [4.69, 9.17) is 14.7 Å². The molecule has 2 aliphatic heterocycles. The number of ether oxygens (including phenoxy) is 1. The van der Waals surface area contributed by atoms with E-state index in [-0.39, 0.29) is 18.5 Å². The number of carbonyl (C=O) groups is 1. The zero-order chi connectivity index (χ0) is 45.6. The molecule has 0 aliphatic carbocycles. The van der Waals surface area contributed by atoms with Crippen molar-refractivity contribution in [3.63, 3.8) is 0 Å². The number of halogens is 1. The fourth-order valence-electron chi connectivity index (χ4n) is 8.20. The molecule has 66 heavy (non-hydrogen) atoms. The Balaban J connectivity index is 0.000000180. The van der Waals surface area contributed by atoms with Crippen molar-refractivity contribution in [1.82, 2.24) is 49.7 Å². The molecule has 6 heterocycles.